The Balaban J connectivity index is 2.76. The summed E-state index contributed by atoms with van der Waals surface area (Å²) in [5.41, 5.74) is 1.01. The van der Waals surface area contributed by atoms with Crippen LogP contribution in [0.15, 0.2) is 22.8 Å². The molecule has 0 aliphatic rings. The van der Waals surface area contributed by atoms with Crippen molar-refractivity contribution in [3.8, 4) is 5.75 Å². The van der Waals surface area contributed by atoms with Gasteiger partial charge >= 0.3 is 0 Å². The first-order valence-electron chi connectivity index (χ1n) is 3.72. The number of ether oxygens (including phenoxy) is 1. The van der Waals surface area contributed by atoms with E-state index in [1.807, 2.05) is 18.3 Å². The Hall–Kier alpha value is -0.670. The van der Waals surface area contributed by atoms with Crippen molar-refractivity contribution in [2.24, 2.45) is 0 Å². The molecule has 0 unspecified atom stereocenters. The molecule has 1 N–H and O–H groups in total. The highest BCUT2D eigenvalue weighted by atomic mass is 79.9. The number of halogens is 2. The van der Waals surface area contributed by atoms with Crippen LogP contribution in [0.25, 0.3) is 10.9 Å². The molecule has 2 aromatic rings. The van der Waals surface area contributed by atoms with Crippen LogP contribution in [0.4, 0.5) is 0 Å². The molecule has 2 rings (SSSR count). The van der Waals surface area contributed by atoms with E-state index < -0.39 is 0 Å². The Labute approximate surface area is 89.0 Å². The van der Waals surface area contributed by atoms with E-state index in [0.29, 0.717) is 10.8 Å². The molecule has 0 radical (unpaired) electrons. The molecule has 1 aromatic carbocycles. The highest BCUT2D eigenvalue weighted by molar-refractivity contribution is 9.10. The molecule has 0 saturated heterocycles. The number of hydrogen-bond acceptors (Lipinski definition) is 1. The Morgan fingerprint density at radius 1 is 1.46 bits per heavy atom. The van der Waals surface area contributed by atoms with Crippen molar-refractivity contribution < 1.29 is 4.74 Å². The lowest BCUT2D eigenvalue weighted by atomic mass is 10.2. The van der Waals surface area contributed by atoms with Crippen molar-refractivity contribution in [3.63, 3.8) is 0 Å². The van der Waals surface area contributed by atoms with E-state index in [0.717, 1.165) is 15.4 Å². The third kappa shape index (κ3) is 1.42. The molecule has 0 bridgehead atoms. The third-order valence-corrected chi connectivity index (χ3v) is 2.86. The summed E-state index contributed by atoms with van der Waals surface area (Å²) >= 11 is 9.39. The summed E-state index contributed by atoms with van der Waals surface area (Å²) in [5, 5.41) is 1.68. The number of fused-ring (bicyclic) bond motifs is 1. The summed E-state index contributed by atoms with van der Waals surface area (Å²) in [5.74, 6) is 0.684. The fraction of sp³-hybridized carbons (Fsp3) is 0.111. The van der Waals surface area contributed by atoms with Crippen LogP contribution in [0.2, 0.25) is 5.02 Å². The Bertz CT molecular complexity index is 452. The molecule has 0 atom stereocenters. The van der Waals surface area contributed by atoms with E-state index in [9.17, 15) is 0 Å². The van der Waals surface area contributed by atoms with Crippen molar-refractivity contribution in [1.29, 1.82) is 0 Å². The van der Waals surface area contributed by atoms with E-state index in [1.165, 1.54) is 0 Å². The molecule has 68 valence electrons. The molecule has 1 aromatic heterocycles. The Morgan fingerprint density at radius 3 is 2.92 bits per heavy atom. The maximum atomic E-state index is 5.97. The van der Waals surface area contributed by atoms with E-state index >= 15 is 0 Å². The van der Waals surface area contributed by atoms with Crippen molar-refractivity contribution in [2.75, 3.05) is 7.11 Å². The zero-order chi connectivity index (χ0) is 9.42. The fourth-order valence-corrected chi connectivity index (χ4v) is 1.93. The summed E-state index contributed by atoms with van der Waals surface area (Å²) in [4.78, 5) is 3.10. The lowest BCUT2D eigenvalue weighted by Crippen LogP contribution is -1.83. The van der Waals surface area contributed by atoms with E-state index in [4.69, 9.17) is 16.3 Å². The first-order chi connectivity index (χ1) is 6.22. The first-order valence-corrected chi connectivity index (χ1v) is 4.89. The molecule has 0 aliphatic carbocycles. The predicted molar refractivity (Wildman–Crippen MR) is 57.6 cm³/mol. The van der Waals surface area contributed by atoms with Crippen LogP contribution in [-0.2, 0) is 0 Å². The highest BCUT2D eigenvalue weighted by Crippen LogP contribution is 2.32. The van der Waals surface area contributed by atoms with Crippen LogP contribution in [0, 0.1) is 0 Å². The van der Waals surface area contributed by atoms with Crippen molar-refractivity contribution >= 4 is 38.4 Å². The zero-order valence-corrected chi connectivity index (χ0v) is 9.24. The summed E-state index contributed by atoms with van der Waals surface area (Å²) < 4.78 is 6.10. The van der Waals surface area contributed by atoms with Crippen molar-refractivity contribution in [2.45, 2.75) is 0 Å². The van der Waals surface area contributed by atoms with Gasteiger partial charge in [-0.3, -0.25) is 0 Å². The summed E-state index contributed by atoms with van der Waals surface area (Å²) in [6, 6.07) is 3.75. The molecule has 13 heavy (non-hydrogen) atoms. The van der Waals surface area contributed by atoms with Crippen LogP contribution in [0.1, 0.15) is 0 Å². The van der Waals surface area contributed by atoms with E-state index in [2.05, 4.69) is 20.9 Å². The van der Waals surface area contributed by atoms with Gasteiger partial charge < -0.3 is 9.72 Å². The molecule has 0 aliphatic heterocycles. The topological polar surface area (TPSA) is 25.0 Å². The summed E-state index contributed by atoms with van der Waals surface area (Å²) in [6.45, 7) is 0. The number of benzene rings is 1. The normalized spacial score (nSPS) is 10.7. The lowest BCUT2D eigenvalue weighted by molar-refractivity contribution is 0.415. The minimum atomic E-state index is 0.621. The van der Waals surface area contributed by atoms with Gasteiger partial charge in [-0.05, 0) is 22.0 Å². The molecule has 0 saturated carbocycles. The minimum Gasteiger partial charge on any atom is -0.495 e. The van der Waals surface area contributed by atoms with Crippen molar-refractivity contribution in [1.82, 2.24) is 4.98 Å². The number of nitrogens with one attached hydrogen (secondary N) is 1. The first kappa shape index (κ1) is 8.91. The molecule has 4 heteroatoms. The smallest absolute Gasteiger partial charge is 0.139 e. The second kappa shape index (κ2) is 3.24. The van der Waals surface area contributed by atoms with Gasteiger partial charge in [-0.15, -0.1) is 0 Å². The zero-order valence-electron chi connectivity index (χ0n) is 6.90. The van der Waals surface area contributed by atoms with E-state index in [-0.39, 0.29) is 0 Å². The van der Waals surface area contributed by atoms with Crippen LogP contribution in [-0.4, -0.2) is 12.1 Å². The second-order valence-electron chi connectivity index (χ2n) is 2.67. The van der Waals surface area contributed by atoms with Gasteiger partial charge in [0.15, 0.2) is 0 Å². The van der Waals surface area contributed by atoms with Gasteiger partial charge in [0.1, 0.15) is 5.75 Å². The van der Waals surface area contributed by atoms with Crippen molar-refractivity contribution in [3.05, 3.63) is 27.8 Å². The van der Waals surface area contributed by atoms with Gasteiger partial charge in [0.05, 0.1) is 17.6 Å². The molecule has 1 heterocycles. The number of methoxy groups -OCH3 is 1. The van der Waals surface area contributed by atoms with Crippen LogP contribution < -0.4 is 4.74 Å². The highest BCUT2D eigenvalue weighted by Gasteiger charge is 2.06. The number of rotatable bonds is 1. The summed E-state index contributed by atoms with van der Waals surface area (Å²) in [7, 11) is 1.60. The lowest BCUT2D eigenvalue weighted by Gasteiger charge is -2.02. The monoisotopic (exact) mass is 259 g/mol. The Morgan fingerprint density at radius 2 is 2.23 bits per heavy atom. The quantitative estimate of drug-likeness (QED) is 0.833. The largest absolute Gasteiger partial charge is 0.495 e. The van der Waals surface area contributed by atoms with Gasteiger partial charge in [0.2, 0.25) is 0 Å². The Kier molecular flexibility index (Phi) is 2.22. The third-order valence-electron chi connectivity index (χ3n) is 1.90. The average molecular weight is 261 g/mol. The van der Waals surface area contributed by atoms with Gasteiger partial charge in [-0.2, -0.15) is 0 Å². The number of aromatic nitrogens is 1. The van der Waals surface area contributed by atoms with Crippen LogP contribution in [0.5, 0.6) is 5.75 Å². The molecular weight excluding hydrogens is 253 g/mol. The molecule has 2 nitrogen and oxygen atoms in total. The van der Waals surface area contributed by atoms with Gasteiger partial charge in [0, 0.05) is 22.1 Å². The second-order valence-corrected chi connectivity index (χ2v) is 3.93. The molecule has 0 fully saturated rings. The molecule has 0 spiro atoms. The fourth-order valence-electron chi connectivity index (χ4n) is 1.25. The minimum absolute atomic E-state index is 0.621. The molecule has 0 amide bonds. The van der Waals surface area contributed by atoms with Gasteiger partial charge in [-0.25, -0.2) is 0 Å². The maximum Gasteiger partial charge on any atom is 0.139 e. The van der Waals surface area contributed by atoms with Gasteiger partial charge in [0.25, 0.3) is 0 Å². The van der Waals surface area contributed by atoms with E-state index in [1.54, 1.807) is 7.11 Å². The predicted octanol–water partition coefficient (Wildman–Crippen LogP) is 3.59. The van der Waals surface area contributed by atoms with Gasteiger partial charge in [-0.1, -0.05) is 11.6 Å². The number of H-pyrrole nitrogens is 1. The standard InChI is InChI=1S/C9H7BrClNO/c1-13-9-3-8-5(2-7(9)11)6(10)4-12-8/h2-4,12H,1H3. The number of hydrogen-bond donors (Lipinski definition) is 1. The van der Waals surface area contributed by atoms with Crippen LogP contribution in [0.3, 0.4) is 0 Å². The average Bonchev–Trinajstić information content (AvgIpc) is 2.47. The summed E-state index contributed by atoms with van der Waals surface area (Å²) in [6.07, 6.45) is 1.88. The number of aromatic amines is 1. The van der Waals surface area contributed by atoms with Crippen LogP contribution >= 0.6 is 27.5 Å². The maximum absolute atomic E-state index is 5.97. The SMILES string of the molecule is COc1cc2[nH]cc(Br)c2cc1Cl. The molecular formula is C9H7BrClNO.